The van der Waals surface area contributed by atoms with E-state index in [4.69, 9.17) is 9.47 Å². The Kier molecular flexibility index (Phi) is 5.23. The Hall–Kier alpha value is -1.83. The van der Waals surface area contributed by atoms with Gasteiger partial charge in [-0.1, -0.05) is 18.2 Å². The maximum atomic E-state index is 10.7. The summed E-state index contributed by atoms with van der Waals surface area (Å²) in [6, 6.07) is 12.2. The molecule has 7 heteroatoms. The number of aromatic nitrogens is 1. The van der Waals surface area contributed by atoms with Gasteiger partial charge < -0.3 is 17.0 Å². The molecule has 0 amide bonds. The van der Waals surface area contributed by atoms with Crippen molar-refractivity contribution in [2.24, 2.45) is 0 Å². The predicted octanol–water partition coefficient (Wildman–Crippen LogP) is -1.21. The molecule has 1 aromatic carbocycles. The molecule has 1 saturated heterocycles. The number of halogens is 1. The Bertz CT molecular complexity index is 628. The zero-order valence-electron chi connectivity index (χ0n) is 11.7. The molecule has 1 fully saturated rings. The first-order valence-electron chi connectivity index (χ1n) is 6.68. The van der Waals surface area contributed by atoms with Gasteiger partial charge in [-0.2, -0.15) is 0 Å². The highest BCUT2D eigenvalue weighted by molar-refractivity contribution is 5.33. The van der Waals surface area contributed by atoms with Gasteiger partial charge in [-0.3, -0.25) is 19.6 Å². The van der Waals surface area contributed by atoms with Gasteiger partial charge in [-0.25, -0.2) is 0 Å². The maximum absolute atomic E-state index is 10.7. The molecule has 1 aromatic heterocycles. The van der Waals surface area contributed by atoms with Gasteiger partial charge >= 0.3 is 5.91 Å². The van der Waals surface area contributed by atoms with E-state index >= 15 is 0 Å². The number of nitro groups is 1. The van der Waals surface area contributed by atoms with Gasteiger partial charge in [0, 0.05) is 24.3 Å². The second-order valence-corrected chi connectivity index (χ2v) is 4.79. The Morgan fingerprint density at radius 3 is 2.23 bits per heavy atom. The van der Waals surface area contributed by atoms with Crippen LogP contribution in [0.3, 0.4) is 0 Å². The van der Waals surface area contributed by atoms with Gasteiger partial charge in [0.2, 0.25) is 0 Å². The largest absolute Gasteiger partial charge is 1.00 e. The van der Waals surface area contributed by atoms with Crippen molar-refractivity contribution >= 4 is 5.69 Å². The first-order chi connectivity index (χ1) is 10.2. The summed E-state index contributed by atoms with van der Waals surface area (Å²) in [7, 11) is 0. The summed E-state index contributed by atoms with van der Waals surface area (Å²) in [6.45, 7) is 1.05. The van der Waals surface area contributed by atoms with E-state index in [0.29, 0.717) is 19.6 Å². The lowest BCUT2D eigenvalue weighted by Gasteiger charge is -2.20. The fraction of sp³-hybridized carbons (Fsp3) is 0.267. The lowest BCUT2D eigenvalue weighted by Crippen LogP contribution is -3.00. The van der Waals surface area contributed by atoms with Crippen LogP contribution < -0.4 is 21.5 Å². The number of rotatable bonds is 4. The zero-order chi connectivity index (χ0) is 14.7. The van der Waals surface area contributed by atoms with E-state index in [-0.39, 0.29) is 22.7 Å². The van der Waals surface area contributed by atoms with Crippen LogP contribution >= 0.6 is 0 Å². The first-order valence-corrected chi connectivity index (χ1v) is 6.68. The van der Waals surface area contributed by atoms with Crippen molar-refractivity contribution in [3.05, 3.63) is 70.5 Å². The van der Waals surface area contributed by atoms with Crippen molar-refractivity contribution in [2.75, 3.05) is 13.2 Å². The number of non-ortho nitro benzene ring substituents is 1. The molecule has 116 valence electrons. The summed E-state index contributed by atoms with van der Waals surface area (Å²) in [5, 5.41) is 10.7. The van der Waals surface area contributed by atoms with Crippen LogP contribution in [-0.2, 0) is 21.8 Å². The third-order valence-electron chi connectivity index (χ3n) is 3.42. The van der Waals surface area contributed by atoms with Gasteiger partial charge in [0.25, 0.3) is 5.69 Å². The number of hydrogen-bond donors (Lipinski definition) is 0. The second kappa shape index (κ2) is 6.95. The van der Waals surface area contributed by atoms with Gasteiger partial charge in [0.05, 0.1) is 24.6 Å². The standard InChI is InChI=1S/C15H15N2O4.BrH/c18-17(19)14-6-4-13(5-7-14)12-15(20-10-11-21-15)16-8-2-1-3-9-16;/h1-9H,10-12H2;1H/q+1;/p-1. The lowest BCUT2D eigenvalue weighted by atomic mass is 10.1. The van der Waals surface area contributed by atoms with Crippen LogP contribution in [-0.4, -0.2) is 18.1 Å². The molecule has 0 spiro atoms. The summed E-state index contributed by atoms with van der Waals surface area (Å²) < 4.78 is 13.5. The van der Waals surface area contributed by atoms with Crippen LogP contribution in [0.15, 0.2) is 54.9 Å². The van der Waals surface area contributed by atoms with E-state index in [1.165, 1.54) is 12.1 Å². The average molecular weight is 367 g/mol. The molecule has 2 heterocycles. The molecular formula is C15H15BrN2O4. The second-order valence-electron chi connectivity index (χ2n) is 4.79. The monoisotopic (exact) mass is 366 g/mol. The Balaban J connectivity index is 0.00000176. The Labute approximate surface area is 138 Å². The molecule has 0 N–H and O–H groups in total. The SMILES string of the molecule is O=[N+]([O-])c1ccc(CC2([n+]3ccccc3)OCCO2)cc1.[Br-]. The summed E-state index contributed by atoms with van der Waals surface area (Å²) in [5.41, 5.74) is 0.993. The third-order valence-corrected chi connectivity index (χ3v) is 3.42. The van der Waals surface area contributed by atoms with Crippen molar-refractivity contribution in [1.29, 1.82) is 0 Å². The normalized spacial score (nSPS) is 16.0. The van der Waals surface area contributed by atoms with Crippen molar-refractivity contribution in [3.63, 3.8) is 0 Å². The van der Waals surface area contributed by atoms with Crippen molar-refractivity contribution in [2.45, 2.75) is 12.3 Å². The van der Waals surface area contributed by atoms with Crippen LogP contribution in [0.4, 0.5) is 5.69 Å². The van der Waals surface area contributed by atoms with Crippen LogP contribution in [0, 0.1) is 10.1 Å². The predicted molar refractivity (Wildman–Crippen MR) is 73.3 cm³/mol. The average Bonchev–Trinajstić information content (AvgIpc) is 2.98. The molecule has 0 unspecified atom stereocenters. The minimum atomic E-state index is -0.878. The Morgan fingerprint density at radius 1 is 1.09 bits per heavy atom. The minimum absolute atomic E-state index is 0. The van der Waals surface area contributed by atoms with Crippen molar-refractivity contribution < 1.29 is 35.9 Å². The van der Waals surface area contributed by atoms with Crippen LogP contribution in [0.1, 0.15) is 5.56 Å². The highest BCUT2D eigenvalue weighted by Crippen LogP contribution is 2.25. The van der Waals surface area contributed by atoms with Gasteiger partial charge in [0.1, 0.15) is 0 Å². The lowest BCUT2D eigenvalue weighted by molar-refractivity contribution is -0.847. The minimum Gasteiger partial charge on any atom is -1.00 e. The van der Waals surface area contributed by atoms with Crippen molar-refractivity contribution in [1.82, 2.24) is 0 Å². The molecule has 1 aliphatic rings. The molecule has 0 aliphatic carbocycles. The molecule has 6 nitrogen and oxygen atoms in total. The number of hydrogen-bond acceptors (Lipinski definition) is 4. The number of ether oxygens (including phenoxy) is 2. The summed E-state index contributed by atoms with van der Waals surface area (Å²) in [6.07, 6.45) is 4.26. The summed E-state index contributed by atoms with van der Waals surface area (Å²) >= 11 is 0. The quantitative estimate of drug-likeness (QED) is 0.386. The van der Waals surface area contributed by atoms with E-state index in [2.05, 4.69) is 0 Å². The topological polar surface area (TPSA) is 65.5 Å². The number of benzene rings is 1. The highest BCUT2D eigenvalue weighted by Gasteiger charge is 2.46. The van der Waals surface area contributed by atoms with Crippen LogP contribution in [0.25, 0.3) is 0 Å². The molecule has 0 saturated carbocycles. The van der Waals surface area contributed by atoms with E-state index in [1.54, 1.807) is 12.1 Å². The fourth-order valence-electron chi connectivity index (χ4n) is 2.41. The van der Waals surface area contributed by atoms with Gasteiger partial charge in [-0.05, 0) is 5.56 Å². The van der Waals surface area contributed by atoms with Gasteiger partial charge in [-0.15, -0.1) is 4.57 Å². The summed E-state index contributed by atoms with van der Waals surface area (Å²) in [4.78, 5) is 10.3. The summed E-state index contributed by atoms with van der Waals surface area (Å²) in [5.74, 6) is -0.878. The molecule has 0 radical (unpaired) electrons. The zero-order valence-corrected chi connectivity index (χ0v) is 13.3. The molecular weight excluding hydrogens is 352 g/mol. The first kappa shape index (κ1) is 16.5. The Morgan fingerprint density at radius 2 is 1.68 bits per heavy atom. The van der Waals surface area contributed by atoms with Crippen molar-refractivity contribution in [3.8, 4) is 0 Å². The fourth-order valence-corrected chi connectivity index (χ4v) is 2.41. The van der Waals surface area contributed by atoms with E-state index in [9.17, 15) is 10.1 Å². The molecule has 2 aromatic rings. The van der Waals surface area contributed by atoms with Crippen LogP contribution in [0.2, 0.25) is 0 Å². The molecule has 0 atom stereocenters. The van der Waals surface area contributed by atoms with Gasteiger partial charge in [0.15, 0.2) is 12.4 Å². The molecule has 3 rings (SSSR count). The molecule has 1 aliphatic heterocycles. The smallest absolute Gasteiger partial charge is 0.395 e. The number of nitrogens with zero attached hydrogens (tertiary/aromatic N) is 2. The highest BCUT2D eigenvalue weighted by atomic mass is 79.9. The number of nitro benzene ring substituents is 1. The maximum Gasteiger partial charge on any atom is 0.395 e. The van der Waals surface area contributed by atoms with E-state index in [0.717, 1.165) is 5.56 Å². The van der Waals surface area contributed by atoms with E-state index < -0.39 is 10.8 Å². The molecule has 0 bridgehead atoms. The number of pyridine rings is 1. The van der Waals surface area contributed by atoms with E-state index in [1.807, 2.05) is 35.2 Å². The van der Waals surface area contributed by atoms with Crippen LogP contribution in [0.5, 0.6) is 0 Å². The third kappa shape index (κ3) is 3.32. The molecule has 22 heavy (non-hydrogen) atoms.